The molecule has 6 nitrogen and oxygen atoms in total. The molecule has 1 amide bonds. The SMILES string of the molecule is COc1ccc2c(c1)C(N1CCCN(C(=O)c3ccccc3C(F)(F)F)CC1)=Nc1ccc(C)cc1O2. The van der Waals surface area contributed by atoms with Gasteiger partial charge in [-0.1, -0.05) is 18.2 Å². The van der Waals surface area contributed by atoms with E-state index in [4.69, 9.17) is 14.5 Å². The monoisotopic (exact) mass is 509 g/mol. The van der Waals surface area contributed by atoms with E-state index in [0.717, 1.165) is 17.2 Å². The number of amides is 1. The number of aryl methyl sites for hydroxylation is 1. The molecule has 0 unspecified atom stereocenters. The maximum absolute atomic E-state index is 13.5. The molecule has 0 radical (unpaired) electrons. The topological polar surface area (TPSA) is 54.4 Å². The van der Waals surface area contributed by atoms with Gasteiger partial charge in [-0.05, 0) is 61.4 Å². The van der Waals surface area contributed by atoms with Gasteiger partial charge in [-0.3, -0.25) is 4.79 Å². The van der Waals surface area contributed by atoms with Crippen molar-refractivity contribution in [3.63, 3.8) is 0 Å². The van der Waals surface area contributed by atoms with Gasteiger partial charge in [-0.25, -0.2) is 4.99 Å². The molecule has 0 atom stereocenters. The highest BCUT2D eigenvalue weighted by atomic mass is 19.4. The number of methoxy groups -OCH3 is 1. The van der Waals surface area contributed by atoms with E-state index in [1.807, 2.05) is 43.3 Å². The lowest BCUT2D eigenvalue weighted by molar-refractivity contribution is -0.138. The smallest absolute Gasteiger partial charge is 0.417 e. The van der Waals surface area contributed by atoms with Crippen LogP contribution in [0.2, 0.25) is 0 Å². The third kappa shape index (κ3) is 4.98. The number of halogens is 3. The molecule has 0 aromatic heterocycles. The normalized spacial score (nSPS) is 15.5. The summed E-state index contributed by atoms with van der Waals surface area (Å²) in [6.07, 6.45) is -4.03. The Balaban J connectivity index is 1.46. The zero-order chi connectivity index (χ0) is 26.2. The molecule has 0 spiro atoms. The number of amidine groups is 1. The average molecular weight is 510 g/mol. The highest BCUT2D eigenvalue weighted by Gasteiger charge is 2.36. The molecule has 5 rings (SSSR count). The van der Waals surface area contributed by atoms with Gasteiger partial charge in [0.25, 0.3) is 5.91 Å². The molecular weight excluding hydrogens is 483 g/mol. The molecule has 9 heteroatoms. The van der Waals surface area contributed by atoms with E-state index < -0.39 is 17.6 Å². The summed E-state index contributed by atoms with van der Waals surface area (Å²) in [6.45, 7) is 3.54. The van der Waals surface area contributed by atoms with Gasteiger partial charge < -0.3 is 19.3 Å². The number of rotatable bonds is 2. The summed E-state index contributed by atoms with van der Waals surface area (Å²) in [4.78, 5) is 21.7. The number of benzene rings is 3. The molecule has 3 aromatic carbocycles. The Morgan fingerprint density at radius 2 is 1.78 bits per heavy atom. The number of carbonyl (C=O) groups is 1. The summed E-state index contributed by atoms with van der Waals surface area (Å²) >= 11 is 0. The lowest BCUT2D eigenvalue weighted by Crippen LogP contribution is -2.38. The Bertz CT molecular complexity index is 1370. The van der Waals surface area contributed by atoms with Crippen molar-refractivity contribution >= 4 is 17.4 Å². The highest BCUT2D eigenvalue weighted by Crippen LogP contribution is 2.40. The number of hydrogen-bond donors (Lipinski definition) is 0. The van der Waals surface area contributed by atoms with Crippen LogP contribution >= 0.6 is 0 Å². The summed E-state index contributed by atoms with van der Waals surface area (Å²) < 4.78 is 52.3. The van der Waals surface area contributed by atoms with Crippen molar-refractivity contribution in [3.8, 4) is 17.2 Å². The minimum absolute atomic E-state index is 0.255. The van der Waals surface area contributed by atoms with E-state index in [1.54, 1.807) is 7.11 Å². The fraction of sp³-hybridized carbons (Fsp3) is 0.286. The van der Waals surface area contributed by atoms with Crippen LogP contribution < -0.4 is 9.47 Å². The van der Waals surface area contributed by atoms with Crippen molar-refractivity contribution < 1.29 is 27.4 Å². The van der Waals surface area contributed by atoms with Crippen molar-refractivity contribution in [1.82, 2.24) is 9.80 Å². The van der Waals surface area contributed by atoms with Crippen LogP contribution in [0, 0.1) is 6.92 Å². The van der Waals surface area contributed by atoms with Gasteiger partial charge in [0.2, 0.25) is 0 Å². The lowest BCUT2D eigenvalue weighted by atomic mass is 10.1. The Hall–Kier alpha value is -4.01. The second-order valence-corrected chi connectivity index (χ2v) is 9.05. The molecule has 2 heterocycles. The van der Waals surface area contributed by atoms with E-state index in [1.165, 1.54) is 23.1 Å². The van der Waals surface area contributed by atoms with Crippen LogP contribution in [-0.2, 0) is 6.18 Å². The Morgan fingerprint density at radius 1 is 0.973 bits per heavy atom. The first-order chi connectivity index (χ1) is 17.7. The molecular formula is C28H26F3N3O3. The first-order valence-electron chi connectivity index (χ1n) is 12.0. The van der Waals surface area contributed by atoms with Gasteiger partial charge in [-0.2, -0.15) is 13.2 Å². The summed E-state index contributed by atoms with van der Waals surface area (Å²) in [5.74, 6) is 1.95. The van der Waals surface area contributed by atoms with Crippen LogP contribution in [0.3, 0.4) is 0 Å². The zero-order valence-corrected chi connectivity index (χ0v) is 20.5. The van der Waals surface area contributed by atoms with E-state index in [9.17, 15) is 18.0 Å². The third-order valence-corrected chi connectivity index (χ3v) is 6.53. The van der Waals surface area contributed by atoms with E-state index >= 15 is 0 Å². The second-order valence-electron chi connectivity index (χ2n) is 9.05. The number of aliphatic imine (C=N–C) groups is 1. The van der Waals surface area contributed by atoms with Crippen molar-refractivity contribution in [3.05, 3.63) is 82.9 Å². The molecule has 192 valence electrons. The number of nitrogens with zero attached hydrogens (tertiary/aromatic N) is 3. The summed E-state index contributed by atoms with van der Waals surface area (Å²) in [5.41, 5.74) is 1.21. The van der Waals surface area contributed by atoms with Gasteiger partial charge in [0.05, 0.1) is 23.8 Å². The fourth-order valence-electron chi connectivity index (χ4n) is 4.65. The fourth-order valence-corrected chi connectivity index (χ4v) is 4.65. The molecule has 0 saturated carbocycles. The molecule has 2 aliphatic heterocycles. The molecule has 3 aromatic rings. The van der Waals surface area contributed by atoms with Crippen molar-refractivity contribution in [1.29, 1.82) is 0 Å². The number of hydrogen-bond acceptors (Lipinski definition) is 5. The largest absolute Gasteiger partial charge is 0.497 e. The molecule has 37 heavy (non-hydrogen) atoms. The van der Waals surface area contributed by atoms with Gasteiger partial charge in [0, 0.05) is 26.2 Å². The van der Waals surface area contributed by atoms with Crippen LogP contribution in [0.4, 0.5) is 18.9 Å². The maximum Gasteiger partial charge on any atom is 0.417 e. The first kappa shape index (κ1) is 24.7. The molecule has 1 saturated heterocycles. The van der Waals surface area contributed by atoms with E-state index in [2.05, 4.69) is 4.90 Å². The standard InChI is InChI=1S/C28H26F3N3O3/c1-18-8-10-23-25(16-18)37-24-11-9-19(36-2)17-21(24)26(32-23)33-12-5-13-34(15-14-33)27(35)20-6-3-4-7-22(20)28(29,30)31/h3-4,6-11,16-17H,5,12-15H2,1-2H3. The summed E-state index contributed by atoms with van der Waals surface area (Å²) in [6, 6.07) is 16.2. The Labute approximate surface area is 212 Å². The van der Waals surface area contributed by atoms with Crippen molar-refractivity contribution in [2.24, 2.45) is 4.99 Å². The van der Waals surface area contributed by atoms with Crippen LogP contribution in [0.15, 0.2) is 65.7 Å². The highest BCUT2D eigenvalue weighted by molar-refractivity contribution is 6.04. The molecule has 2 aliphatic rings. The number of ether oxygens (including phenoxy) is 2. The minimum atomic E-state index is -4.60. The summed E-state index contributed by atoms with van der Waals surface area (Å²) in [5, 5.41) is 0. The maximum atomic E-state index is 13.5. The average Bonchev–Trinajstić information content (AvgIpc) is 3.22. The second kappa shape index (κ2) is 9.80. The first-order valence-corrected chi connectivity index (χ1v) is 12.0. The lowest BCUT2D eigenvalue weighted by Gasteiger charge is -2.26. The third-order valence-electron chi connectivity index (χ3n) is 6.53. The number of fused-ring (bicyclic) bond motifs is 2. The predicted molar refractivity (Wildman–Crippen MR) is 134 cm³/mol. The van der Waals surface area contributed by atoms with Crippen LogP contribution in [0.1, 0.15) is 33.5 Å². The Morgan fingerprint density at radius 3 is 2.57 bits per heavy atom. The molecule has 0 N–H and O–H groups in total. The number of alkyl halides is 3. The van der Waals surface area contributed by atoms with Crippen LogP contribution in [0.25, 0.3) is 0 Å². The van der Waals surface area contributed by atoms with Crippen LogP contribution in [0.5, 0.6) is 17.2 Å². The molecule has 1 fully saturated rings. The van der Waals surface area contributed by atoms with E-state index in [-0.39, 0.29) is 12.1 Å². The predicted octanol–water partition coefficient (Wildman–Crippen LogP) is 6.05. The zero-order valence-electron chi connectivity index (χ0n) is 20.5. The summed E-state index contributed by atoms with van der Waals surface area (Å²) in [7, 11) is 1.59. The number of carbonyl (C=O) groups excluding carboxylic acids is 1. The Kier molecular flexibility index (Phi) is 6.54. The molecule has 0 bridgehead atoms. The van der Waals surface area contributed by atoms with Crippen molar-refractivity contribution in [2.75, 3.05) is 33.3 Å². The quantitative estimate of drug-likeness (QED) is 0.422. The van der Waals surface area contributed by atoms with Gasteiger partial charge >= 0.3 is 6.18 Å². The van der Waals surface area contributed by atoms with E-state index in [0.29, 0.717) is 54.8 Å². The van der Waals surface area contributed by atoms with Gasteiger partial charge in [0.1, 0.15) is 23.0 Å². The van der Waals surface area contributed by atoms with Crippen LogP contribution in [-0.4, -0.2) is 54.8 Å². The molecule has 0 aliphatic carbocycles. The van der Waals surface area contributed by atoms with Gasteiger partial charge in [-0.15, -0.1) is 0 Å². The van der Waals surface area contributed by atoms with Crippen molar-refractivity contribution in [2.45, 2.75) is 19.5 Å². The van der Waals surface area contributed by atoms with Gasteiger partial charge in [0.15, 0.2) is 5.75 Å². The minimum Gasteiger partial charge on any atom is -0.497 e.